The molecule has 148 valence electrons. The number of hydrogen-bond acceptors (Lipinski definition) is 6. The van der Waals surface area contributed by atoms with Crippen molar-refractivity contribution < 1.29 is 9.53 Å². The summed E-state index contributed by atoms with van der Waals surface area (Å²) in [5.74, 6) is 1.02. The van der Waals surface area contributed by atoms with Crippen LogP contribution in [0.25, 0.3) is 11.3 Å². The van der Waals surface area contributed by atoms with E-state index in [1.165, 1.54) is 18.7 Å². The van der Waals surface area contributed by atoms with Gasteiger partial charge in [-0.25, -0.2) is 0 Å². The maximum absolute atomic E-state index is 12.7. The van der Waals surface area contributed by atoms with E-state index in [0.29, 0.717) is 27.4 Å². The van der Waals surface area contributed by atoms with Crippen LogP contribution < -0.4 is 9.64 Å². The van der Waals surface area contributed by atoms with Crippen molar-refractivity contribution in [2.75, 3.05) is 10.7 Å². The van der Waals surface area contributed by atoms with Crippen molar-refractivity contribution in [1.82, 2.24) is 15.2 Å². The van der Waals surface area contributed by atoms with Crippen molar-refractivity contribution in [3.8, 4) is 17.1 Å². The number of nitrogens with zero attached hydrogens (tertiary/aromatic N) is 4. The zero-order valence-electron chi connectivity index (χ0n) is 16.2. The Morgan fingerprint density at radius 1 is 1.21 bits per heavy atom. The first kappa shape index (κ1) is 19.7. The number of anilines is 1. The molecule has 4 rings (SSSR count). The second kappa shape index (κ2) is 8.00. The number of benzene rings is 2. The van der Waals surface area contributed by atoms with E-state index in [2.05, 4.69) is 15.2 Å². The first-order valence-corrected chi connectivity index (χ1v) is 10.5. The van der Waals surface area contributed by atoms with Crippen molar-refractivity contribution in [3.05, 3.63) is 58.6 Å². The molecule has 1 aliphatic heterocycles. The van der Waals surface area contributed by atoms with Crippen LogP contribution >= 0.6 is 23.4 Å². The number of thioether (sulfide) groups is 1. The topological polar surface area (TPSA) is 68.2 Å². The Morgan fingerprint density at radius 3 is 2.66 bits per heavy atom. The number of hydrogen-bond donors (Lipinski definition) is 0. The SMILES string of the molecule is CCSc1nnc2c(n1)O[C@@H](c1ccc(Cl)cc1)N(C(C)=O)c1ccc(C)cc1-2. The molecule has 0 bridgehead atoms. The molecule has 0 spiro atoms. The average Bonchev–Trinajstić information content (AvgIpc) is 2.83. The molecule has 2 heterocycles. The van der Waals surface area contributed by atoms with Gasteiger partial charge in [0.1, 0.15) is 0 Å². The summed E-state index contributed by atoms with van der Waals surface area (Å²) in [6.45, 7) is 5.53. The largest absolute Gasteiger partial charge is 0.447 e. The molecule has 1 amide bonds. The summed E-state index contributed by atoms with van der Waals surface area (Å²) in [6.07, 6.45) is -0.705. The average molecular weight is 427 g/mol. The monoisotopic (exact) mass is 426 g/mol. The van der Waals surface area contributed by atoms with Crippen LogP contribution in [0, 0.1) is 6.92 Å². The predicted molar refractivity (Wildman–Crippen MR) is 114 cm³/mol. The van der Waals surface area contributed by atoms with Crippen molar-refractivity contribution in [2.45, 2.75) is 32.2 Å². The highest BCUT2D eigenvalue weighted by Crippen LogP contribution is 2.43. The molecular weight excluding hydrogens is 408 g/mol. The smallest absolute Gasteiger partial charge is 0.247 e. The lowest BCUT2D eigenvalue weighted by molar-refractivity contribution is -0.118. The number of carbonyl (C=O) groups excluding carboxylic acids is 1. The summed E-state index contributed by atoms with van der Waals surface area (Å²) in [6, 6.07) is 13.1. The maximum atomic E-state index is 12.7. The van der Waals surface area contributed by atoms with Gasteiger partial charge < -0.3 is 4.74 Å². The molecule has 6 nitrogen and oxygen atoms in total. The van der Waals surface area contributed by atoms with E-state index in [9.17, 15) is 4.79 Å². The maximum Gasteiger partial charge on any atom is 0.247 e. The zero-order valence-corrected chi connectivity index (χ0v) is 17.8. The summed E-state index contributed by atoms with van der Waals surface area (Å²) in [5, 5.41) is 9.77. The minimum Gasteiger partial charge on any atom is -0.447 e. The number of aromatic nitrogens is 3. The van der Waals surface area contributed by atoms with Gasteiger partial charge in [-0.2, -0.15) is 4.98 Å². The summed E-state index contributed by atoms with van der Waals surface area (Å²) in [5.41, 5.74) is 3.81. The number of fused-ring (bicyclic) bond motifs is 3. The molecule has 1 atom stereocenters. The minimum absolute atomic E-state index is 0.154. The number of amides is 1. The van der Waals surface area contributed by atoms with Crippen LogP contribution in [-0.2, 0) is 4.79 Å². The molecule has 0 unspecified atom stereocenters. The van der Waals surface area contributed by atoms with Gasteiger partial charge in [0.05, 0.1) is 5.69 Å². The highest BCUT2D eigenvalue weighted by atomic mass is 35.5. The normalized spacial score (nSPS) is 15.2. The lowest BCUT2D eigenvalue weighted by atomic mass is 10.0. The highest BCUT2D eigenvalue weighted by molar-refractivity contribution is 7.99. The van der Waals surface area contributed by atoms with Gasteiger partial charge in [-0.3, -0.25) is 9.69 Å². The van der Waals surface area contributed by atoms with Crippen molar-refractivity contribution in [2.24, 2.45) is 0 Å². The number of carbonyl (C=O) groups is 1. The predicted octanol–water partition coefficient (Wildman–Crippen LogP) is 5.06. The van der Waals surface area contributed by atoms with Gasteiger partial charge in [-0.1, -0.05) is 54.0 Å². The second-order valence-corrected chi connectivity index (χ2v) is 8.28. The fraction of sp³-hybridized carbons (Fsp3) is 0.238. The fourth-order valence-corrected chi connectivity index (χ4v) is 3.88. The van der Waals surface area contributed by atoms with E-state index in [-0.39, 0.29) is 5.91 Å². The van der Waals surface area contributed by atoms with Gasteiger partial charge in [0.15, 0.2) is 5.69 Å². The van der Waals surface area contributed by atoms with Crippen molar-refractivity contribution in [3.63, 3.8) is 0 Å². The molecule has 2 aromatic carbocycles. The molecule has 3 aromatic rings. The van der Waals surface area contributed by atoms with Gasteiger partial charge in [0.25, 0.3) is 0 Å². The molecule has 29 heavy (non-hydrogen) atoms. The Kier molecular flexibility index (Phi) is 5.43. The van der Waals surface area contributed by atoms with Crippen molar-refractivity contribution >= 4 is 35.0 Å². The highest BCUT2D eigenvalue weighted by Gasteiger charge is 2.34. The van der Waals surface area contributed by atoms with Gasteiger partial charge in [-0.15, -0.1) is 10.2 Å². The van der Waals surface area contributed by atoms with Crippen LogP contribution in [0.5, 0.6) is 5.88 Å². The van der Waals surface area contributed by atoms with Crippen LogP contribution in [-0.4, -0.2) is 26.8 Å². The standard InChI is InChI=1S/C21H19ClN4O2S/c1-4-29-21-23-19-18(24-25-21)16-11-12(2)5-10-17(16)26(13(3)27)20(28-19)14-6-8-15(22)9-7-14/h5-11,20H,4H2,1-3H3/t20-/m0/s1. The Balaban J connectivity index is 1.96. The Bertz CT molecular complexity index is 1070. The molecule has 1 aliphatic rings. The molecule has 0 N–H and O–H groups in total. The van der Waals surface area contributed by atoms with E-state index in [1.807, 2.05) is 44.2 Å². The fourth-order valence-electron chi connectivity index (χ4n) is 3.25. The van der Waals surface area contributed by atoms with E-state index >= 15 is 0 Å². The Hall–Kier alpha value is -2.64. The minimum atomic E-state index is -0.705. The summed E-state index contributed by atoms with van der Waals surface area (Å²) in [7, 11) is 0. The van der Waals surface area contributed by atoms with Crippen LogP contribution in [0.4, 0.5) is 5.69 Å². The number of ether oxygens (including phenoxy) is 1. The Labute approximate surface area is 178 Å². The van der Waals surface area contributed by atoms with E-state index in [0.717, 1.165) is 22.4 Å². The van der Waals surface area contributed by atoms with Gasteiger partial charge in [-0.05, 0) is 36.9 Å². The van der Waals surface area contributed by atoms with Crippen LogP contribution in [0.15, 0.2) is 47.6 Å². The molecule has 0 saturated heterocycles. The summed E-state index contributed by atoms with van der Waals surface area (Å²) < 4.78 is 6.30. The molecule has 0 aliphatic carbocycles. The lowest BCUT2D eigenvalue weighted by Crippen LogP contribution is -2.36. The zero-order chi connectivity index (χ0) is 20.5. The molecule has 0 saturated carbocycles. The quantitative estimate of drug-likeness (QED) is 0.545. The Morgan fingerprint density at radius 2 is 1.97 bits per heavy atom. The third-order valence-corrected chi connectivity index (χ3v) is 5.50. The van der Waals surface area contributed by atoms with E-state index < -0.39 is 6.23 Å². The summed E-state index contributed by atoms with van der Waals surface area (Å²) >= 11 is 7.54. The van der Waals surface area contributed by atoms with E-state index in [1.54, 1.807) is 17.0 Å². The first-order chi connectivity index (χ1) is 14.0. The second-order valence-electron chi connectivity index (χ2n) is 6.61. The van der Waals surface area contributed by atoms with Crippen LogP contribution in [0.3, 0.4) is 0 Å². The van der Waals surface area contributed by atoms with Gasteiger partial charge in [0.2, 0.25) is 23.2 Å². The van der Waals surface area contributed by atoms with Crippen LogP contribution in [0.2, 0.25) is 5.02 Å². The molecular formula is C21H19ClN4O2S. The number of aryl methyl sites for hydroxylation is 1. The van der Waals surface area contributed by atoms with Crippen LogP contribution in [0.1, 0.15) is 31.2 Å². The van der Waals surface area contributed by atoms with Gasteiger partial charge in [0, 0.05) is 23.1 Å². The molecule has 1 aromatic heterocycles. The summed E-state index contributed by atoms with van der Waals surface area (Å²) in [4.78, 5) is 18.9. The first-order valence-electron chi connectivity index (χ1n) is 9.18. The third kappa shape index (κ3) is 3.80. The number of rotatable bonds is 3. The van der Waals surface area contributed by atoms with Crippen molar-refractivity contribution in [1.29, 1.82) is 0 Å². The number of halogens is 1. The molecule has 0 radical (unpaired) electrons. The van der Waals surface area contributed by atoms with Gasteiger partial charge >= 0.3 is 0 Å². The lowest BCUT2D eigenvalue weighted by Gasteiger charge is -2.30. The van der Waals surface area contributed by atoms with E-state index in [4.69, 9.17) is 16.3 Å². The molecule has 0 fully saturated rings. The molecule has 8 heteroatoms. The third-order valence-electron chi connectivity index (χ3n) is 4.53.